The van der Waals surface area contributed by atoms with Crippen molar-refractivity contribution in [2.24, 2.45) is 0 Å². The molecule has 1 fully saturated rings. The topological polar surface area (TPSA) is 70.2 Å². The number of amides is 1. The summed E-state index contributed by atoms with van der Waals surface area (Å²) in [6.45, 7) is 4.59. The smallest absolute Gasteiger partial charge is 0.253 e. The number of piperidine rings is 1. The van der Waals surface area contributed by atoms with Gasteiger partial charge in [-0.2, -0.15) is 0 Å². The Hall–Kier alpha value is -2.43. The molecule has 1 aromatic carbocycles. The molecule has 120 valence electrons. The molecule has 0 radical (unpaired) electrons. The largest absolute Gasteiger partial charge is 0.358 e. The lowest BCUT2D eigenvalue weighted by Gasteiger charge is -2.26. The highest BCUT2D eigenvalue weighted by Gasteiger charge is 2.22. The Balaban J connectivity index is 2.03. The molecule has 1 aromatic heterocycles. The number of benzene rings is 1. The molecule has 1 aliphatic heterocycles. The third-order valence-electron chi connectivity index (χ3n) is 4.42. The molecular formula is C18H20N2O3. The fraction of sp³-hybridized carbons (Fsp3) is 0.389. The minimum atomic E-state index is -0.517. The van der Waals surface area contributed by atoms with Gasteiger partial charge in [0.25, 0.3) is 5.91 Å². The normalized spacial score (nSPS) is 15.0. The average Bonchev–Trinajstić information content (AvgIpc) is 2.89. The van der Waals surface area contributed by atoms with Crippen molar-refractivity contribution in [2.75, 3.05) is 13.1 Å². The minimum absolute atomic E-state index is 0.00771. The maximum absolute atomic E-state index is 12.6. The van der Waals surface area contributed by atoms with E-state index in [1.807, 2.05) is 4.90 Å². The molecule has 1 N–H and O–H groups in total. The van der Waals surface area contributed by atoms with Crippen LogP contribution in [0.3, 0.4) is 0 Å². The first-order valence-electron chi connectivity index (χ1n) is 7.96. The Kier molecular flexibility index (Phi) is 4.03. The number of ketones is 2. The maximum atomic E-state index is 12.6. The molecule has 0 atom stereocenters. The second kappa shape index (κ2) is 5.99. The number of aromatic nitrogens is 1. The molecule has 23 heavy (non-hydrogen) atoms. The molecular weight excluding hydrogens is 292 g/mol. The minimum Gasteiger partial charge on any atom is -0.358 e. The van der Waals surface area contributed by atoms with Crippen molar-refractivity contribution < 1.29 is 14.4 Å². The number of nitrogens with zero attached hydrogens (tertiary/aromatic N) is 1. The van der Waals surface area contributed by atoms with Crippen molar-refractivity contribution in [3.05, 3.63) is 35.0 Å². The van der Waals surface area contributed by atoms with E-state index in [0.717, 1.165) is 37.9 Å². The molecule has 3 rings (SSSR count). The molecule has 0 unspecified atom stereocenters. The summed E-state index contributed by atoms with van der Waals surface area (Å²) in [6, 6.07) is 5.31. The van der Waals surface area contributed by atoms with Crippen LogP contribution >= 0.6 is 0 Å². The lowest BCUT2D eigenvalue weighted by Crippen LogP contribution is -2.35. The van der Waals surface area contributed by atoms with Crippen molar-refractivity contribution in [2.45, 2.75) is 33.1 Å². The molecule has 0 aliphatic carbocycles. The number of fused-ring (bicyclic) bond motifs is 1. The van der Waals surface area contributed by atoms with Crippen LogP contribution in [0.4, 0.5) is 0 Å². The van der Waals surface area contributed by atoms with Crippen molar-refractivity contribution in [1.29, 1.82) is 0 Å². The number of H-pyrrole nitrogens is 1. The standard InChI is InChI=1S/C18H20N2O3/c1-11-16(17(22)12(2)21)14-10-13(6-7-15(14)19-11)18(23)20-8-4-3-5-9-20/h6-7,10,19H,3-5,8-9H2,1-2H3. The molecule has 0 saturated carbocycles. The first-order chi connectivity index (χ1) is 11.0. The number of Topliss-reactive ketones (excluding diaryl/α,β-unsaturated/α-hetero) is 2. The van der Waals surface area contributed by atoms with E-state index >= 15 is 0 Å². The lowest BCUT2D eigenvalue weighted by atomic mass is 10.0. The van der Waals surface area contributed by atoms with Crippen molar-refractivity contribution >= 4 is 28.4 Å². The molecule has 1 amide bonds. The molecule has 2 heterocycles. The number of likely N-dealkylation sites (tertiary alicyclic amines) is 1. The third kappa shape index (κ3) is 2.79. The number of carbonyl (C=O) groups is 3. The summed E-state index contributed by atoms with van der Waals surface area (Å²) in [6.07, 6.45) is 3.23. The van der Waals surface area contributed by atoms with Crippen LogP contribution in [0.1, 0.15) is 52.6 Å². The first kappa shape index (κ1) is 15.5. The van der Waals surface area contributed by atoms with Crippen LogP contribution in [0, 0.1) is 6.92 Å². The summed E-state index contributed by atoms with van der Waals surface area (Å²) < 4.78 is 0. The van der Waals surface area contributed by atoms with Gasteiger partial charge in [0, 0.05) is 42.2 Å². The predicted octanol–water partition coefficient (Wildman–Crippen LogP) is 2.87. The van der Waals surface area contributed by atoms with E-state index < -0.39 is 11.6 Å². The van der Waals surface area contributed by atoms with Crippen LogP contribution in [-0.4, -0.2) is 40.4 Å². The van der Waals surface area contributed by atoms with Crippen LogP contribution in [0.2, 0.25) is 0 Å². The summed E-state index contributed by atoms with van der Waals surface area (Å²) >= 11 is 0. The zero-order valence-corrected chi connectivity index (χ0v) is 13.4. The van der Waals surface area contributed by atoms with Gasteiger partial charge in [-0.25, -0.2) is 0 Å². The Labute approximate surface area is 134 Å². The van der Waals surface area contributed by atoms with E-state index in [1.54, 1.807) is 25.1 Å². The van der Waals surface area contributed by atoms with E-state index in [0.29, 0.717) is 22.2 Å². The number of aromatic amines is 1. The molecule has 1 aliphatic rings. The van der Waals surface area contributed by atoms with E-state index in [9.17, 15) is 14.4 Å². The van der Waals surface area contributed by atoms with Crippen LogP contribution in [0.15, 0.2) is 18.2 Å². The Morgan fingerprint density at radius 3 is 2.43 bits per heavy atom. The van der Waals surface area contributed by atoms with E-state index in [-0.39, 0.29) is 5.91 Å². The summed E-state index contributed by atoms with van der Waals surface area (Å²) in [5, 5.41) is 0.644. The van der Waals surface area contributed by atoms with Gasteiger partial charge in [-0.1, -0.05) is 0 Å². The summed E-state index contributed by atoms with van der Waals surface area (Å²) in [5.74, 6) is -1.02. The predicted molar refractivity (Wildman–Crippen MR) is 87.8 cm³/mol. The van der Waals surface area contributed by atoms with Gasteiger partial charge >= 0.3 is 0 Å². The van der Waals surface area contributed by atoms with Crippen LogP contribution in [0.5, 0.6) is 0 Å². The number of hydrogen-bond donors (Lipinski definition) is 1. The third-order valence-corrected chi connectivity index (χ3v) is 4.42. The molecule has 0 bridgehead atoms. The monoisotopic (exact) mass is 312 g/mol. The van der Waals surface area contributed by atoms with Crippen LogP contribution < -0.4 is 0 Å². The number of hydrogen-bond acceptors (Lipinski definition) is 3. The Morgan fingerprint density at radius 2 is 1.78 bits per heavy atom. The molecule has 5 heteroatoms. The SMILES string of the molecule is CC(=O)C(=O)c1c(C)[nH]c2ccc(C(=O)N3CCCCC3)cc12. The van der Waals surface area contributed by atoms with Gasteiger partial charge < -0.3 is 9.88 Å². The van der Waals surface area contributed by atoms with Gasteiger partial charge in [-0.3, -0.25) is 14.4 Å². The second-order valence-electron chi connectivity index (χ2n) is 6.12. The fourth-order valence-electron chi connectivity index (χ4n) is 3.21. The van der Waals surface area contributed by atoms with Gasteiger partial charge in [0.2, 0.25) is 5.78 Å². The van der Waals surface area contributed by atoms with Gasteiger partial charge in [0.05, 0.1) is 5.56 Å². The Morgan fingerprint density at radius 1 is 1.09 bits per heavy atom. The van der Waals surface area contributed by atoms with Crippen LogP contribution in [0.25, 0.3) is 10.9 Å². The molecule has 5 nitrogen and oxygen atoms in total. The highest BCUT2D eigenvalue weighted by atomic mass is 16.2. The average molecular weight is 312 g/mol. The van der Waals surface area contributed by atoms with E-state index in [4.69, 9.17) is 0 Å². The second-order valence-corrected chi connectivity index (χ2v) is 6.12. The number of rotatable bonds is 3. The number of carbonyl (C=O) groups excluding carboxylic acids is 3. The number of nitrogens with one attached hydrogen (secondary N) is 1. The van der Waals surface area contributed by atoms with Crippen LogP contribution in [-0.2, 0) is 4.79 Å². The van der Waals surface area contributed by atoms with Gasteiger partial charge in [0.15, 0.2) is 5.78 Å². The number of aryl methyl sites for hydroxylation is 1. The summed E-state index contributed by atoms with van der Waals surface area (Å²) in [7, 11) is 0. The molecule has 2 aromatic rings. The highest BCUT2D eigenvalue weighted by Crippen LogP contribution is 2.25. The van der Waals surface area contributed by atoms with Gasteiger partial charge in [0.1, 0.15) is 0 Å². The quantitative estimate of drug-likeness (QED) is 0.700. The summed E-state index contributed by atoms with van der Waals surface area (Å²) in [4.78, 5) is 41.2. The van der Waals surface area contributed by atoms with Crippen molar-refractivity contribution in [3.63, 3.8) is 0 Å². The first-order valence-corrected chi connectivity index (χ1v) is 7.96. The molecule has 0 spiro atoms. The summed E-state index contributed by atoms with van der Waals surface area (Å²) in [5.41, 5.74) is 2.36. The lowest BCUT2D eigenvalue weighted by molar-refractivity contribution is -0.113. The zero-order chi connectivity index (χ0) is 16.6. The zero-order valence-electron chi connectivity index (χ0n) is 13.4. The maximum Gasteiger partial charge on any atom is 0.253 e. The van der Waals surface area contributed by atoms with Crippen molar-refractivity contribution in [1.82, 2.24) is 9.88 Å². The Bertz CT molecular complexity index is 798. The van der Waals surface area contributed by atoms with Gasteiger partial charge in [-0.05, 0) is 44.4 Å². The molecule has 1 saturated heterocycles. The van der Waals surface area contributed by atoms with E-state index in [1.165, 1.54) is 6.92 Å². The van der Waals surface area contributed by atoms with Gasteiger partial charge in [-0.15, -0.1) is 0 Å². The fourth-order valence-corrected chi connectivity index (χ4v) is 3.21. The van der Waals surface area contributed by atoms with Crippen molar-refractivity contribution in [3.8, 4) is 0 Å². The highest BCUT2D eigenvalue weighted by molar-refractivity contribution is 6.45. The van der Waals surface area contributed by atoms with E-state index in [2.05, 4.69) is 4.98 Å².